The summed E-state index contributed by atoms with van der Waals surface area (Å²) in [5, 5.41) is 13.6. The molecule has 0 fully saturated rings. The van der Waals surface area contributed by atoms with Gasteiger partial charge >= 0.3 is 0 Å². The number of fused-ring (bicyclic) bond motifs is 1. The van der Waals surface area contributed by atoms with Crippen molar-refractivity contribution >= 4 is 5.69 Å². The summed E-state index contributed by atoms with van der Waals surface area (Å²) in [6, 6.07) is 12.8. The molecule has 0 saturated heterocycles. The molecule has 2 aromatic carbocycles. The van der Waals surface area contributed by atoms with Crippen LogP contribution in [-0.2, 0) is 6.54 Å². The standard InChI is InChI=1S/C19H18FN3O2/c1-12-8-13(6-7-16(12)20)19-21-18(25-22-19)10-23-9-14(11-24)15-4-2-3-5-17(15)23/h2-8,14,24H,9-11H2,1H3. The Labute approximate surface area is 144 Å². The number of rotatable bonds is 4. The highest BCUT2D eigenvalue weighted by Crippen LogP contribution is 2.36. The molecule has 6 heteroatoms. The number of halogens is 1. The second-order valence-corrected chi connectivity index (χ2v) is 6.29. The van der Waals surface area contributed by atoms with Crippen LogP contribution in [0.1, 0.15) is 22.9 Å². The Hall–Kier alpha value is -2.73. The number of benzene rings is 2. The van der Waals surface area contributed by atoms with Gasteiger partial charge in [-0.25, -0.2) is 4.39 Å². The summed E-state index contributed by atoms with van der Waals surface area (Å²) >= 11 is 0. The molecule has 0 spiro atoms. The number of hydrogen-bond donors (Lipinski definition) is 1. The van der Waals surface area contributed by atoms with Crippen molar-refractivity contribution in [2.24, 2.45) is 0 Å². The Morgan fingerprint density at radius 1 is 1.28 bits per heavy atom. The molecular weight excluding hydrogens is 321 g/mol. The molecule has 5 nitrogen and oxygen atoms in total. The van der Waals surface area contributed by atoms with E-state index in [9.17, 15) is 9.50 Å². The highest BCUT2D eigenvalue weighted by Gasteiger charge is 2.28. The maximum atomic E-state index is 13.4. The third-order valence-corrected chi connectivity index (χ3v) is 4.59. The molecule has 3 aromatic rings. The van der Waals surface area contributed by atoms with Crippen LogP contribution in [0, 0.1) is 12.7 Å². The van der Waals surface area contributed by atoms with Crippen LogP contribution < -0.4 is 4.90 Å². The van der Waals surface area contributed by atoms with Gasteiger partial charge in [0.1, 0.15) is 5.82 Å². The Kier molecular flexibility index (Phi) is 3.97. The van der Waals surface area contributed by atoms with Crippen molar-refractivity contribution < 1.29 is 14.0 Å². The SMILES string of the molecule is Cc1cc(-c2noc(CN3CC(CO)c4ccccc43)n2)ccc1F. The Morgan fingerprint density at radius 3 is 2.92 bits per heavy atom. The van der Waals surface area contributed by atoms with E-state index in [1.54, 1.807) is 19.1 Å². The van der Waals surface area contributed by atoms with Gasteiger partial charge in [0.2, 0.25) is 11.7 Å². The Balaban J connectivity index is 1.57. The van der Waals surface area contributed by atoms with Crippen molar-refractivity contribution in [2.75, 3.05) is 18.1 Å². The van der Waals surface area contributed by atoms with E-state index in [0.29, 0.717) is 30.4 Å². The van der Waals surface area contributed by atoms with Gasteiger partial charge in [0.15, 0.2) is 0 Å². The van der Waals surface area contributed by atoms with Crippen molar-refractivity contribution in [3.8, 4) is 11.4 Å². The minimum Gasteiger partial charge on any atom is -0.396 e. The van der Waals surface area contributed by atoms with Gasteiger partial charge in [-0.2, -0.15) is 4.98 Å². The molecule has 2 heterocycles. The fraction of sp³-hybridized carbons (Fsp3) is 0.263. The van der Waals surface area contributed by atoms with E-state index in [1.165, 1.54) is 6.07 Å². The van der Waals surface area contributed by atoms with Crippen molar-refractivity contribution in [3.05, 3.63) is 65.3 Å². The third-order valence-electron chi connectivity index (χ3n) is 4.59. The molecule has 128 valence electrons. The van der Waals surface area contributed by atoms with E-state index in [4.69, 9.17) is 4.52 Å². The first kappa shape index (κ1) is 15.8. The number of hydrogen-bond acceptors (Lipinski definition) is 5. The first-order valence-corrected chi connectivity index (χ1v) is 8.19. The number of aryl methyl sites for hydroxylation is 1. The minimum absolute atomic E-state index is 0.0957. The normalized spacial score (nSPS) is 16.3. The molecule has 0 radical (unpaired) electrons. The van der Waals surface area contributed by atoms with Gasteiger partial charge in [0.05, 0.1) is 13.2 Å². The number of nitrogens with zero attached hydrogens (tertiary/aromatic N) is 3. The van der Waals surface area contributed by atoms with Gasteiger partial charge in [0.25, 0.3) is 0 Å². The molecule has 1 aliphatic heterocycles. The molecular formula is C19H18FN3O2. The zero-order valence-electron chi connectivity index (χ0n) is 13.8. The molecule has 1 aromatic heterocycles. The first-order chi connectivity index (χ1) is 12.2. The summed E-state index contributed by atoms with van der Waals surface area (Å²) < 4.78 is 18.8. The van der Waals surface area contributed by atoms with Crippen LogP contribution in [0.25, 0.3) is 11.4 Å². The van der Waals surface area contributed by atoms with Crippen LogP contribution in [-0.4, -0.2) is 28.4 Å². The first-order valence-electron chi connectivity index (χ1n) is 8.19. The molecule has 1 atom stereocenters. The number of aliphatic hydroxyl groups excluding tert-OH is 1. The lowest BCUT2D eigenvalue weighted by Crippen LogP contribution is -2.22. The van der Waals surface area contributed by atoms with Crippen LogP contribution >= 0.6 is 0 Å². The van der Waals surface area contributed by atoms with E-state index in [0.717, 1.165) is 16.8 Å². The molecule has 1 unspecified atom stereocenters. The van der Waals surface area contributed by atoms with Gasteiger partial charge < -0.3 is 14.5 Å². The second-order valence-electron chi connectivity index (χ2n) is 6.29. The Bertz CT molecular complexity index is 909. The van der Waals surface area contributed by atoms with Gasteiger partial charge in [-0.3, -0.25) is 0 Å². The van der Waals surface area contributed by atoms with Gasteiger partial charge in [-0.05, 0) is 42.3 Å². The number of anilines is 1. The van der Waals surface area contributed by atoms with Crippen molar-refractivity contribution in [2.45, 2.75) is 19.4 Å². The van der Waals surface area contributed by atoms with Crippen molar-refractivity contribution in [1.82, 2.24) is 10.1 Å². The third kappa shape index (κ3) is 2.89. The maximum Gasteiger partial charge on any atom is 0.246 e. The number of aliphatic hydroxyl groups is 1. The predicted molar refractivity (Wildman–Crippen MR) is 91.7 cm³/mol. The van der Waals surface area contributed by atoms with E-state index in [1.807, 2.05) is 24.3 Å². The number of para-hydroxylation sites is 1. The van der Waals surface area contributed by atoms with Crippen molar-refractivity contribution in [3.63, 3.8) is 0 Å². The summed E-state index contributed by atoms with van der Waals surface area (Å²) in [6.45, 7) is 3.00. The van der Waals surface area contributed by atoms with Gasteiger partial charge in [-0.1, -0.05) is 23.4 Å². The summed E-state index contributed by atoms with van der Waals surface area (Å²) in [5.74, 6) is 0.782. The quantitative estimate of drug-likeness (QED) is 0.790. The average Bonchev–Trinajstić information content (AvgIpc) is 3.23. The molecule has 1 N–H and O–H groups in total. The summed E-state index contributed by atoms with van der Waals surface area (Å²) in [4.78, 5) is 6.56. The van der Waals surface area contributed by atoms with Crippen LogP contribution in [0.3, 0.4) is 0 Å². The fourth-order valence-corrected chi connectivity index (χ4v) is 3.27. The van der Waals surface area contributed by atoms with Crippen molar-refractivity contribution in [1.29, 1.82) is 0 Å². The molecule has 25 heavy (non-hydrogen) atoms. The zero-order valence-corrected chi connectivity index (χ0v) is 13.8. The largest absolute Gasteiger partial charge is 0.396 e. The summed E-state index contributed by atoms with van der Waals surface area (Å²) in [5.41, 5.74) is 3.49. The lowest BCUT2D eigenvalue weighted by Gasteiger charge is -2.17. The molecule has 1 aliphatic rings. The highest BCUT2D eigenvalue weighted by atomic mass is 19.1. The van der Waals surface area contributed by atoms with Crippen LogP contribution in [0.4, 0.5) is 10.1 Å². The number of aromatic nitrogens is 2. The Morgan fingerprint density at radius 2 is 2.12 bits per heavy atom. The molecule has 0 amide bonds. The zero-order chi connectivity index (χ0) is 17.4. The van der Waals surface area contributed by atoms with Gasteiger partial charge in [-0.15, -0.1) is 0 Å². The van der Waals surface area contributed by atoms with E-state index >= 15 is 0 Å². The second kappa shape index (κ2) is 6.29. The average molecular weight is 339 g/mol. The highest BCUT2D eigenvalue weighted by molar-refractivity contribution is 5.60. The fourth-order valence-electron chi connectivity index (χ4n) is 3.27. The van der Waals surface area contributed by atoms with E-state index in [-0.39, 0.29) is 18.3 Å². The topological polar surface area (TPSA) is 62.4 Å². The van der Waals surface area contributed by atoms with E-state index < -0.39 is 0 Å². The molecule has 0 aliphatic carbocycles. The molecule has 0 saturated carbocycles. The molecule has 0 bridgehead atoms. The smallest absolute Gasteiger partial charge is 0.246 e. The van der Waals surface area contributed by atoms with Crippen LogP contribution in [0.15, 0.2) is 47.0 Å². The van der Waals surface area contributed by atoms with Gasteiger partial charge in [0, 0.05) is 23.7 Å². The predicted octanol–water partition coefficient (Wildman–Crippen LogP) is 3.28. The monoisotopic (exact) mass is 339 g/mol. The van der Waals surface area contributed by atoms with E-state index in [2.05, 4.69) is 15.0 Å². The maximum absolute atomic E-state index is 13.4. The van der Waals surface area contributed by atoms with Crippen LogP contribution in [0.2, 0.25) is 0 Å². The van der Waals surface area contributed by atoms with Crippen LogP contribution in [0.5, 0.6) is 0 Å². The summed E-state index contributed by atoms with van der Waals surface area (Å²) in [6.07, 6.45) is 0. The molecule has 4 rings (SSSR count). The lowest BCUT2D eigenvalue weighted by atomic mass is 10.0. The summed E-state index contributed by atoms with van der Waals surface area (Å²) in [7, 11) is 0. The lowest BCUT2D eigenvalue weighted by molar-refractivity contribution is 0.270. The minimum atomic E-state index is -0.254.